The van der Waals surface area contributed by atoms with E-state index in [1.807, 2.05) is 0 Å². The number of methoxy groups -OCH3 is 1. The van der Waals surface area contributed by atoms with Crippen LogP contribution < -0.4 is 9.62 Å². The first-order chi connectivity index (χ1) is 8.57. The Kier molecular flexibility index (Phi) is 5.25. The fourth-order valence-electron chi connectivity index (χ4n) is 1.16. The zero-order valence-electron chi connectivity index (χ0n) is 11.0. The maximum atomic E-state index is 12.2. The van der Waals surface area contributed by atoms with Crippen molar-refractivity contribution in [1.29, 1.82) is 0 Å². The third kappa shape index (κ3) is 4.61. The molecule has 5 nitrogen and oxygen atoms in total. The lowest BCUT2D eigenvalue weighted by molar-refractivity contribution is -0.0358. The van der Waals surface area contributed by atoms with Gasteiger partial charge in [0, 0.05) is 5.02 Å². The fourth-order valence-corrected chi connectivity index (χ4v) is 3.50. The summed E-state index contributed by atoms with van der Waals surface area (Å²) in [5, 5.41) is 0.267. The summed E-state index contributed by atoms with van der Waals surface area (Å²) in [4.78, 5) is 7.03. The predicted molar refractivity (Wildman–Crippen MR) is 76.9 cm³/mol. The van der Waals surface area contributed by atoms with E-state index < -0.39 is 15.6 Å². The smallest absolute Gasteiger partial charge is 0.266 e. The Hall–Kier alpha value is -0.340. The number of sulfonamides is 1. The molecule has 108 valence electrons. The standard InChI is InChI=1S/C11H15BrClNO4S/c1-11(2,3)18-14-19(15,16)9-6-7(13)5-8(12)10(9)17-4/h5-6,14H,1-4H3. The zero-order valence-corrected chi connectivity index (χ0v) is 14.1. The van der Waals surface area contributed by atoms with Crippen LogP contribution in [-0.4, -0.2) is 21.1 Å². The highest BCUT2D eigenvalue weighted by molar-refractivity contribution is 9.10. The summed E-state index contributed by atoms with van der Waals surface area (Å²) >= 11 is 9.06. The van der Waals surface area contributed by atoms with Gasteiger partial charge in [0.05, 0.1) is 17.2 Å². The highest BCUT2D eigenvalue weighted by Crippen LogP contribution is 2.35. The Balaban J connectivity index is 3.21. The number of rotatable bonds is 4. The van der Waals surface area contributed by atoms with E-state index in [-0.39, 0.29) is 15.7 Å². The maximum absolute atomic E-state index is 12.2. The van der Waals surface area contributed by atoms with Crippen LogP contribution in [0.5, 0.6) is 5.75 Å². The number of hydrogen-bond acceptors (Lipinski definition) is 4. The Morgan fingerprint density at radius 2 is 1.89 bits per heavy atom. The summed E-state index contributed by atoms with van der Waals surface area (Å²) in [5.74, 6) is 0.161. The van der Waals surface area contributed by atoms with Crippen LogP contribution in [0.3, 0.4) is 0 Å². The molecule has 0 saturated carbocycles. The first-order valence-electron chi connectivity index (χ1n) is 5.29. The van der Waals surface area contributed by atoms with Crippen molar-refractivity contribution in [2.24, 2.45) is 0 Å². The van der Waals surface area contributed by atoms with Crippen molar-refractivity contribution in [2.75, 3.05) is 7.11 Å². The van der Waals surface area contributed by atoms with E-state index in [2.05, 4.69) is 20.8 Å². The van der Waals surface area contributed by atoms with E-state index in [1.165, 1.54) is 13.2 Å². The van der Waals surface area contributed by atoms with Crippen LogP contribution in [0.2, 0.25) is 5.02 Å². The minimum Gasteiger partial charge on any atom is -0.494 e. The van der Waals surface area contributed by atoms with Crippen molar-refractivity contribution in [2.45, 2.75) is 31.3 Å². The van der Waals surface area contributed by atoms with Gasteiger partial charge in [0.2, 0.25) is 0 Å². The maximum Gasteiger partial charge on any atom is 0.266 e. The molecule has 0 amide bonds. The molecule has 8 heteroatoms. The average Bonchev–Trinajstić information content (AvgIpc) is 2.25. The normalized spacial score (nSPS) is 12.5. The predicted octanol–water partition coefficient (Wildman–Crippen LogP) is 3.12. The van der Waals surface area contributed by atoms with Crippen LogP contribution in [0, 0.1) is 0 Å². The summed E-state index contributed by atoms with van der Waals surface area (Å²) in [6.07, 6.45) is 0. The molecule has 0 fully saturated rings. The van der Waals surface area contributed by atoms with E-state index in [9.17, 15) is 8.42 Å². The van der Waals surface area contributed by atoms with Gasteiger partial charge >= 0.3 is 0 Å². The van der Waals surface area contributed by atoms with E-state index in [4.69, 9.17) is 21.2 Å². The van der Waals surface area contributed by atoms with Crippen LogP contribution in [0.4, 0.5) is 0 Å². The molecule has 1 aromatic rings. The highest BCUT2D eigenvalue weighted by atomic mass is 79.9. The summed E-state index contributed by atoms with van der Waals surface area (Å²) in [5.41, 5.74) is -0.657. The summed E-state index contributed by atoms with van der Waals surface area (Å²) in [6, 6.07) is 2.84. The van der Waals surface area contributed by atoms with Crippen molar-refractivity contribution >= 4 is 37.6 Å². The summed E-state index contributed by atoms with van der Waals surface area (Å²) in [6.45, 7) is 5.17. The molecule has 0 aliphatic heterocycles. The molecule has 0 aliphatic carbocycles. The molecule has 0 bridgehead atoms. The molecule has 0 atom stereocenters. The second-order valence-electron chi connectivity index (χ2n) is 4.72. The average molecular weight is 373 g/mol. The second-order valence-corrected chi connectivity index (χ2v) is 7.62. The van der Waals surface area contributed by atoms with Gasteiger partial charge in [-0.1, -0.05) is 16.5 Å². The minimum absolute atomic E-state index is 0.0985. The topological polar surface area (TPSA) is 64.6 Å². The van der Waals surface area contributed by atoms with Crippen molar-refractivity contribution in [3.05, 3.63) is 21.6 Å². The molecule has 0 radical (unpaired) electrons. The first-order valence-corrected chi connectivity index (χ1v) is 7.95. The van der Waals surface area contributed by atoms with Crippen LogP contribution in [0.15, 0.2) is 21.5 Å². The molecule has 1 N–H and O–H groups in total. The van der Waals surface area contributed by atoms with Crippen molar-refractivity contribution < 1.29 is 18.0 Å². The molecule has 0 saturated heterocycles. The van der Waals surface area contributed by atoms with Gasteiger partial charge < -0.3 is 4.74 Å². The van der Waals surface area contributed by atoms with Crippen molar-refractivity contribution in [3.63, 3.8) is 0 Å². The minimum atomic E-state index is -3.89. The van der Waals surface area contributed by atoms with Crippen molar-refractivity contribution in [1.82, 2.24) is 4.89 Å². The van der Waals surface area contributed by atoms with Crippen LogP contribution >= 0.6 is 27.5 Å². The van der Waals surface area contributed by atoms with Gasteiger partial charge in [0.25, 0.3) is 10.0 Å². The van der Waals surface area contributed by atoms with E-state index in [1.54, 1.807) is 26.8 Å². The van der Waals surface area contributed by atoms with Gasteiger partial charge in [0.15, 0.2) is 5.75 Å². The molecule has 0 heterocycles. The molecular formula is C11H15BrClNO4S. The van der Waals surface area contributed by atoms with Crippen LogP contribution in [-0.2, 0) is 14.9 Å². The lowest BCUT2D eigenvalue weighted by Gasteiger charge is -2.20. The van der Waals surface area contributed by atoms with E-state index in [0.717, 1.165) is 0 Å². The molecule has 1 rings (SSSR count). The fraction of sp³-hybridized carbons (Fsp3) is 0.455. The molecule has 0 unspecified atom stereocenters. The molecule has 19 heavy (non-hydrogen) atoms. The van der Waals surface area contributed by atoms with Gasteiger partial charge in [-0.3, -0.25) is 4.84 Å². The molecule has 0 aliphatic rings. The van der Waals surface area contributed by atoms with E-state index in [0.29, 0.717) is 4.47 Å². The monoisotopic (exact) mass is 371 g/mol. The molecule has 1 aromatic carbocycles. The third-order valence-corrected chi connectivity index (χ3v) is 3.92. The van der Waals surface area contributed by atoms with Gasteiger partial charge in [-0.2, -0.15) is 0 Å². The number of halogens is 2. The number of benzene rings is 1. The van der Waals surface area contributed by atoms with E-state index >= 15 is 0 Å². The van der Waals surface area contributed by atoms with Gasteiger partial charge in [0.1, 0.15) is 4.90 Å². The summed E-state index contributed by atoms with van der Waals surface area (Å²) in [7, 11) is -2.52. The molecular weight excluding hydrogens is 358 g/mol. The Labute approximate surface area is 126 Å². The second kappa shape index (κ2) is 5.97. The quantitative estimate of drug-likeness (QED) is 0.825. The molecule has 0 aromatic heterocycles. The largest absolute Gasteiger partial charge is 0.494 e. The van der Waals surface area contributed by atoms with Crippen LogP contribution in [0.1, 0.15) is 20.8 Å². The van der Waals surface area contributed by atoms with Gasteiger partial charge in [-0.05, 0) is 48.8 Å². The lowest BCUT2D eigenvalue weighted by Crippen LogP contribution is -2.33. The number of ether oxygens (including phenoxy) is 1. The Bertz CT molecular complexity index is 569. The Morgan fingerprint density at radius 3 is 2.37 bits per heavy atom. The third-order valence-electron chi connectivity index (χ3n) is 1.93. The summed E-state index contributed by atoms with van der Waals surface area (Å²) < 4.78 is 29.8. The van der Waals surface area contributed by atoms with Crippen molar-refractivity contribution in [3.8, 4) is 5.75 Å². The number of nitrogens with one attached hydrogen (secondary N) is 1. The highest BCUT2D eigenvalue weighted by Gasteiger charge is 2.25. The number of hydrogen-bond donors (Lipinski definition) is 1. The SMILES string of the molecule is COc1c(Br)cc(Cl)cc1S(=O)(=O)NOC(C)(C)C. The zero-order chi connectivity index (χ0) is 14.8. The Morgan fingerprint density at radius 1 is 1.32 bits per heavy atom. The van der Waals surface area contributed by atoms with Gasteiger partial charge in [-0.15, -0.1) is 0 Å². The lowest BCUT2D eigenvalue weighted by atomic mass is 10.2. The van der Waals surface area contributed by atoms with Crippen LogP contribution in [0.25, 0.3) is 0 Å². The van der Waals surface area contributed by atoms with Gasteiger partial charge in [-0.25, -0.2) is 8.42 Å². The molecule has 0 spiro atoms. The first kappa shape index (κ1) is 16.7.